The van der Waals surface area contributed by atoms with Crippen molar-refractivity contribution in [3.05, 3.63) is 0 Å². The molecule has 4 fully saturated rings. The van der Waals surface area contributed by atoms with Crippen LogP contribution in [0.3, 0.4) is 0 Å². The number of ether oxygens (including phenoxy) is 2. The molecule has 0 bridgehead atoms. The molecule has 0 aromatic rings. The zero-order chi connectivity index (χ0) is 22.1. The molecule has 4 aliphatic carbocycles. The SMILES string of the molecule is CC(=O)O[C@H]1CC[C@]2(C)[C@H]3CC[C@]4(C)[C@@H](OC(C)=O)CC[C@H]4[C@@H]3[C@H](C)[C@@H](O)[C@@]2(Br)C1. The zero-order valence-corrected chi connectivity index (χ0v) is 20.5. The van der Waals surface area contributed by atoms with Crippen LogP contribution in [0.25, 0.3) is 0 Å². The number of hydrogen-bond donors (Lipinski definition) is 1. The summed E-state index contributed by atoms with van der Waals surface area (Å²) in [5.41, 5.74) is -0.0560. The molecule has 0 aromatic heterocycles. The number of esters is 2. The van der Waals surface area contributed by atoms with Crippen molar-refractivity contribution in [2.75, 3.05) is 0 Å². The lowest BCUT2D eigenvalue weighted by Crippen LogP contribution is -2.69. The Labute approximate surface area is 188 Å². The molecular weight excluding hydrogens is 448 g/mol. The quantitative estimate of drug-likeness (QED) is 0.456. The minimum absolute atomic E-state index is 0.00156. The fraction of sp³-hybridized carbons (Fsp3) is 0.917. The summed E-state index contributed by atoms with van der Waals surface area (Å²) < 4.78 is 10.9. The topological polar surface area (TPSA) is 72.8 Å². The zero-order valence-electron chi connectivity index (χ0n) is 18.9. The molecule has 5 nitrogen and oxygen atoms in total. The third kappa shape index (κ3) is 3.10. The van der Waals surface area contributed by atoms with Gasteiger partial charge in [0.1, 0.15) is 12.2 Å². The third-order valence-corrected chi connectivity index (χ3v) is 11.4. The van der Waals surface area contributed by atoms with Gasteiger partial charge < -0.3 is 14.6 Å². The molecule has 0 aliphatic heterocycles. The van der Waals surface area contributed by atoms with Crippen LogP contribution in [-0.2, 0) is 19.1 Å². The minimum Gasteiger partial charge on any atom is -0.463 e. The van der Waals surface area contributed by atoms with Gasteiger partial charge >= 0.3 is 11.9 Å². The lowest BCUT2D eigenvalue weighted by Gasteiger charge is -2.67. The highest BCUT2D eigenvalue weighted by Crippen LogP contribution is 2.70. The van der Waals surface area contributed by atoms with Crippen LogP contribution in [0, 0.1) is 34.5 Å². The first-order chi connectivity index (χ1) is 13.9. The van der Waals surface area contributed by atoms with Crippen molar-refractivity contribution >= 4 is 27.9 Å². The average Bonchev–Trinajstić information content (AvgIpc) is 2.97. The van der Waals surface area contributed by atoms with Gasteiger partial charge in [-0.05, 0) is 67.6 Å². The van der Waals surface area contributed by atoms with E-state index in [9.17, 15) is 14.7 Å². The van der Waals surface area contributed by atoms with Crippen molar-refractivity contribution in [2.45, 2.75) is 102 Å². The Bertz CT molecular complexity index is 726. The second-order valence-corrected chi connectivity index (χ2v) is 12.5. The highest BCUT2D eigenvalue weighted by Gasteiger charge is 2.69. The summed E-state index contributed by atoms with van der Waals surface area (Å²) in [6, 6.07) is 0. The van der Waals surface area contributed by atoms with Crippen LogP contribution in [0.2, 0.25) is 0 Å². The molecule has 170 valence electrons. The lowest BCUT2D eigenvalue weighted by molar-refractivity contribution is -0.193. The number of hydrogen-bond acceptors (Lipinski definition) is 5. The first-order valence-corrected chi connectivity index (χ1v) is 12.4. The van der Waals surface area contributed by atoms with Crippen molar-refractivity contribution in [2.24, 2.45) is 34.5 Å². The number of fused-ring (bicyclic) bond motifs is 5. The highest BCUT2D eigenvalue weighted by atomic mass is 79.9. The molecule has 0 spiro atoms. The van der Waals surface area contributed by atoms with Gasteiger partial charge in [-0.1, -0.05) is 36.7 Å². The molecular formula is C24H37BrO5. The molecule has 0 unspecified atom stereocenters. The maximum Gasteiger partial charge on any atom is 0.302 e. The van der Waals surface area contributed by atoms with E-state index in [1.54, 1.807) is 0 Å². The van der Waals surface area contributed by atoms with Crippen molar-refractivity contribution in [1.82, 2.24) is 0 Å². The average molecular weight is 485 g/mol. The molecule has 1 N–H and O–H groups in total. The smallest absolute Gasteiger partial charge is 0.302 e. The van der Waals surface area contributed by atoms with Gasteiger partial charge in [0, 0.05) is 25.7 Å². The molecule has 0 saturated heterocycles. The maximum atomic E-state index is 11.7. The second-order valence-electron chi connectivity index (χ2n) is 11.1. The van der Waals surface area contributed by atoms with Gasteiger partial charge in [-0.25, -0.2) is 0 Å². The molecule has 10 atom stereocenters. The van der Waals surface area contributed by atoms with E-state index in [1.165, 1.54) is 13.8 Å². The van der Waals surface area contributed by atoms with Crippen LogP contribution in [-0.4, -0.2) is 39.7 Å². The molecule has 4 aliphatic rings. The Hall–Kier alpha value is -0.620. The molecule has 0 radical (unpaired) electrons. The minimum atomic E-state index is -0.503. The summed E-state index contributed by atoms with van der Waals surface area (Å²) in [6.07, 6.45) is 5.96. The monoisotopic (exact) mass is 484 g/mol. The van der Waals surface area contributed by atoms with Crippen molar-refractivity contribution in [3.8, 4) is 0 Å². The van der Waals surface area contributed by atoms with Gasteiger partial charge in [0.2, 0.25) is 0 Å². The van der Waals surface area contributed by atoms with Gasteiger partial charge in [-0.15, -0.1) is 0 Å². The van der Waals surface area contributed by atoms with Gasteiger partial charge in [0.15, 0.2) is 0 Å². The Morgan fingerprint density at radius 2 is 1.63 bits per heavy atom. The summed E-state index contributed by atoms with van der Waals surface area (Å²) in [5, 5.41) is 11.6. The van der Waals surface area contributed by atoms with Crippen molar-refractivity contribution in [3.63, 3.8) is 0 Å². The van der Waals surface area contributed by atoms with E-state index in [1.807, 2.05) is 0 Å². The second kappa shape index (κ2) is 7.47. The normalized spacial score (nSPS) is 52.6. The summed E-state index contributed by atoms with van der Waals surface area (Å²) >= 11 is 4.05. The predicted octanol–water partition coefficient (Wildman–Crippen LogP) is 4.63. The fourth-order valence-electron chi connectivity index (χ4n) is 8.27. The Balaban J connectivity index is 1.66. The van der Waals surface area contributed by atoms with Crippen LogP contribution in [0.1, 0.15) is 79.6 Å². The van der Waals surface area contributed by atoms with Crippen LogP contribution in [0.15, 0.2) is 0 Å². The number of halogens is 1. The Morgan fingerprint density at radius 3 is 2.27 bits per heavy atom. The summed E-state index contributed by atoms with van der Waals surface area (Å²) in [6.45, 7) is 9.83. The number of rotatable bonds is 2. The van der Waals surface area contributed by atoms with Gasteiger partial charge in [0.05, 0.1) is 10.4 Å². The first-order valence-electron chi connectivity index (χ1n) is 11.7. The van der Waals surface area contributed by atoms with Crippen molar-refractivity contribution < 1.29 is 24.2 Å². The lowest BCUT2D eigenvalue weighted by atomic mass is 9.42. The van der Waals surface area contributed by atoms with Crippen LogP contribution in [0.5, 0.6) is 0 Å². The molecule has 30 heavy (non-hydrogen) atoms. The Kier molecular flexibility index (Phi) is 5.62. The van der Waals surface area contributed by atoms with Gasteiger partial charge in [-0.3, -0.25) is 9.59 Å². The number of carbonyl (C=O) groups excluding carboxylic acids is 2. The van der Waals surface area contributed by atoms with Crippen molar-refractivity contribution in [1.29, 1.82) is 0 Å². The Morgan fingerprint density at radius 1 is 0.967 bits per heavy atom. The molecule has 0 amide bonds. The van der Waals surface area contributed by atoms with E-state index < -0.39 is 10.4 Å². The van der Waals surface area contributed by atoms with Crippen LogP contribution < -0.4 is 0 Å². The van der Waals surface area contributed by atoms with E-state index >= 15 is 0 Å². The number of aliphatic hydroxyl groups is 1. The largest absolute Gasteiger partial charge is 0.463 e. The number of alkyl halides is 1. The van der Waals surface area contributed by atoms with E-state index in [0.29, 0.717) is 24.2 Å². The molecule has 0 heterocycles. The number of carbonyl (C=O) groups is 2. The standard InChI is InChI=1S/C24H37BrO5/c1-13-20-17-6-7-19(30-15(3)27)22(17,4)10-9-18(20)23(5)11-8-16(29-14(2)26)12-24(23,25)21(13)28/h13,16-21,28H,6-12H2,1-5H3/t13-,16-,17-,18-,19-,20-,21+,22-,23+,24-/m0/s1. The van der Waals surface area contributed by atoms with E-state index in [0.717, 1.165) is 38.5 Å². The third-order valence-electron chi connectivity index (χ3n) is 9.74. The van der Waals surface area contributed by atoms with E-state index in [4.69, 9.17) is 9.47 Å². The molecule has 4 saturated carbocycles. The molecule has 4 rings (SSSR count). The maximum absolute atomic E-state index is 11.7. The molecule has 6 heteroatoms. The van der Waals surface area contributed by atoms with Crippen LogP contribution in [0.4, 0.5) is 0 Å². The van der Waals surface area contributed by atoms with Crippen LogP contribution >= 0.6 is 15.9 Å². The summed E-state index contributed by atoms with van der Waals surface area (Å²) in [7, 11) is 0. The molecule has 0 aromatic carbocycles. The van der Waals surface area contributed by atoms with Gasteiger partial charge in [-0.2, -0.15) is 0 Å². The first kappa shape index (κ1) is 22.6. The predicted molar refractivity (Wildman–Crippen MR) is 117 cm³/mol. The fourth-order valence-corrected chi connectivity index (χ4v) is 9.54. The van der Waals surface area contributed by atoms with E-state index in [-0.39, 0.29) is 40.9 Å². The summed E-state index contributed by atoms with van der Waals surface area (Å²) in [5.74, 6) is 1.09. The highest BCUT2D eigenvalue weighted by molar-refractivity contribution is 9.10. The summed E-state index contributed by atoms with van der Waals surface area (Å²) in [4.78, 5) is 23.3. The van der Waals surface area contributed by atoms with E-state index in [2.05, 4.69) is 36.7 Å². The van der Waals surface area contributed by atoms with Gasteiger partial charge in [0.25, 0.3) is 0 Å². The number of aliphatic hydroxyl groups excluding tert-OH is 1.